The molecule has 192 valence electrons. The second kappa shape index (κ2) is 11.2. The second-order valence-corrected chi connectivity index (χ2v) is 12.5. The summed E-state index contributed by atoms with van der Waals surface area (Å²) in [6, 6.07) is 7.97. The van der Waals surface area contributed by atoms with Gasteiger partial charge in [0.2, 0.25) is 17.7 Å². The van der Waals surface area contributed by atoms with Gasteiger partial charge in [-0.2, -0.15) is 0 Å². The Morgan fingerprint density at radius 2 is 1.86 bits per heavy atom. The first-order valence-electron chi connectivity index (χ1n) is 12.8. The van der Waals surface area contributed by atoms with Gasteiger partial charge in [-0.15, -0.1) is 11.8 Å². The number of unbranched alkanes of at least 4 members (excludes halogenated alkanes) is 2. The number of aliphatic hydroxyl groups is 1. The van der Waals surface area contributed by atoms with E-state index in [0.29, 0.717) is 19.5 Å². The largest absolute Gasteiger partial charge is 0.394 e. The van der Waals surface area contributed by atoms with Gasteiger partial charge in [0, 0.05) is 23.2 Å². The first-order valence-corrected chi connectivity index (χ1v) is 14.6. The van der Waals surface area contributed by atoms with Crippen molar-refractivity contribution in [3.63, 3.8) is 0 Å². The quantitative estimate of drug-likeness (QED) is 0.283. The smallest absolute Gasteiger partial charge is 0.244 e. The molecule has 2 bridgehead atoms. The molecule has 0 radical (unpaired) electrons. The number of likely N-dealkylation sites (tertiary alicyclic amines) is 1. The van der Waals surface area contributed by atoms with Gasteiger partial charge in [0.25, 0.3) is 0 Å². The van der Waals surface area contributed by atoms with Crippen LogP contribution in [0.2, 0.25) is 0 Å². The summed E-state index contributed by atoms with van der Waals surface area (Å²) in [6.45, 7) is 4.92. The Bertz CT molecular complexity index is 934. The van der Waals surface area contributed by atoms with Gasteiger partial charge in [0.15, 0.2) is 0 Å². The molecule has 0 aliphatic carbocycles. The van der Waals surface area contributed by atoms with Crippen molar-refractivity contribution in [3.8, 4) is 0 Å². The van der Waals surface area contributed by atoms with Crippen LogP contribution in [0.5, 0.6) is 0 Å². The van der Waals surface area contributed by atoms with Crippen LogP contribution in [-0.4, -0.2) is 68.3 Å². The van der Waals surface area contributed by atoms with Crippen LogP contribution in [0.15, 0.2) is 30.3 Å². The number of aliphatic hydroxyl groups excluding tert-OH is 1. The lowest BCUT2D eigenvalue weighted by atomic mass is 9.70. The van der Waals surface area contributed by atoms with Crippen molar-refractivity contribution in [2.75, 3.05) is 19.7 Å². The number of nitrogens with one attached hydrogen (secondary N) is 2. The van der Waals surface area contributed by atoms with Crippen LogP contribution in [0.3, 0.4) is 0 Å². The molecule has 4 rings (SSSR count). The molecule has 3 N–H and O–H groups in total. The zero-order chi connectivity index (χ0) is 25.2. The van der Waals surface area contributed by atoms with Crippen LogP contribution in [0.25, 0.3) is 0 Å². The summed E-state index contributed by atoms with van der Waals surface area (Å²) < 4.78 is -0.707. The van der Waals surface area contributed by atoms with Crippen molar-refractivity contribution < 1.29 is 19.5 Å². The van der Waals surface area contributed by atoms with Crippen molar-refractivity contribution in [1.29, 1.82) is 0 Å². The Morgan fingerprint density at radius 1 is 1.14 bits per heavy atom. The molecule has 9 heteroatoms. The lowest BCUT2D eigenvalue weighted by Crippen LogP contribution is -2.55. The maximum absolute atomic E-state index is 14.2. The van der Waals surface area contributed by atoms with Crippen molar-refractivity contribution in [3.05, 3.63) is 35.9 Å². The first-order chi connectivity index (χ1) is 16.9. The summed E-state index contributed by atoms with van der Waals surface area (Å²) >= 11 is 5.41. The third kappa shape index (κ3) is 4.64. The number of benzene rings is 1. The van der Waals surface area contributed by atoms with Gasteiger partial charge in [-0.1, -0.05) is 73.0 Å². The molecule has 1 aromatic carbocycles. The zero-order valence-corrected chi connectivity index (χ0v) is 22.8. The van der Waals surface area contributed by atoms with Crippen LogP contribution >= 0.6 is 27.7 Å². The SMILES string of the molecule is CCCCCNC(=O)C1N([C@H](CO)c2ccccc2)C(=O)[C@@H]2[C@H](C(=O)NCCC)[C@H]3SC12CC3Br. The van der Waals surface area contributed by atoms with Crippen LogP contribution in [0, 0.1) is 11.8 Å². The van der Waals surface area contributed by atoms with Crippen LogP contribution in [-0.2, 0) is 14.4 Å². The third-order valence-corrected chi connectivity index (χ3v) is 10.8. The highest BCUT2D eigenvalue weighted by Crippen LogP contribution is 2.68. The van der Waals surface area contributed by atoms with E-state index in [1.54, 1.807) is 16.7 Å². The Labute approximate surface area is 220 Å². The highest BCUT2D eigenvalue weighted by atomic mass is 79.9. The minimum Gasteiger partial charge on any atom is -0.394 e. The average Bonchev–Trinajstić information content (AvgIpc) is 3.45. The summed E-state index contributed by atoms with van der Waals surface area (Å²) in [5, 5.41) is 16.5. The van der Waals surface area contributed by atoms with Gasteiger partial charge >= 0.3 is 0 Å². The predicted molar refractivity (Wildman–Crippen MR) is 141 cm³/mol. The zero-order valence-electron chi connectivity index (χ0n) is 20.4. The highest BCUT2D eigenvalue weighted by molar-refractivity contribution is 9.09. The summed E-state index contributed by atoms with van der Waals surface area (Å²) in [6.07, 6.45) is 4.39. The Kier molecular flexibility index (Phi) is 8.49. The van der Waals surface area contributed by atoms with E-state index in [1.165, 1.54) is 0 Å². The number of halogens is 1. The summed E-state index contributed by atoms with van der Waals surface area (Å²) in [7, 11) is 0. The molecular weight excluding hydrogens is 530 g/mol. The van der Waals surface area contributed by atoms with E-state index in [9.17, 15) is 19.5 Å². The lowest BCUT2D eigenvalue weighted by molar-refractivity contribution is -0.142. The van der Waals surface area contributed by atoms with Gasteiger partial charge in [-0.25, -0.2) is 0 Å². The number of carbonyl (C=O) groups excluding carboxylic acids is 3. The molecule has 1 aromatic rings. The first kappa shape index (κ1) is 26.5. The fourth-order valence-corrected chi connectivity index (χ4v) is 9.68. The Morgan fingerprint density at radius 3 is 2.51 bits per heavy atom. The lowest BCUT2D eigenvalue weighted by Gasteiger charge is -2.37. The normalized spacial score (nSPS) is 31.9. The number of rotatable bonds is 11. The predicted octanol–water partition coefficient (Wildman–Crippen LogP) is 3.02. The van der Waals surface area contributed by atoms with Gasteiger partial charge in [-0.3, -0.25) is 14.4 Å². The molecule has 3 aliphatic heterocycles. The Hall–Kier alpha value is -1.58. The van der Waals surface area contributed by atoms with Gasteiger partial charge in [0.1, 0.15) is 6.04 Å². The molecular formula is C26H36BrN3O4S. The van der Waals surface area contributed by atoms with Gasteiger partial charge in [0.05, 0.1) is 29.2 Å². The fraction of sp³-hybridized carbons (Fsp3) is 0.654. The average molecular weight is 567 g/mol. The number of nitrogens with zero attached hydrogens (tertiary/aromatic N) is 1. The maximum Gasteiger partial charge on any atom is 0.244 e. The van der Waals surface area contributed by atoms with Crippen LogP contribution < -0.4 is 10.6 Å². The number of hydrogen-bond acceptors (Lipinski definition) is 5. The molecule has 3 heterocycles. The molecule has 0 saturated carbocycles. The number of carbonyl (C=O) groups is 3. The van der Waals surface area contributed by atoms with Crippen LogP contribution in [0.4, 0.5) is 0 Å². The molecule has 7 atom stereocenters. The van der Waals surface area contributed by atoms with E-state index in [0.717, 1.165) is 31.2 Å². The molecule has 1 spiro atoms. The van der Waals surface area contributed by atoms with Crippen molar-refractivity contribution in [2.24, 2.45) is 11.8 Å². The third-order valence-electron chi connectivity index (χ3n) is 7.60. The molecule has 7 nitrogen and oxygen atoms in total. The number of fused-ring (bicyclic) bond motifs is 1. The Balaban J connectivity index is 1.73. The molecule has 3 aliphatic rings. The standard InChI is InChI=1S/C26H36BrN3O4S/c1-3-5-9-13-29-24(33)22-26-14-17(27)21(35-26)19(23(32)28-12-4-2)20(26)25(34)30(22)18(15-31)16-10-7-6-8-11-16/h6-8,10-11,17-22,31H,3-5,9,12-15H2,1-2H3,(H,28,32)(H,29,33)/t17?,18-,19+,20+,21+,22?,26?/m1/s1. The fourth-order valence-electron chi connectivity index (χ4n) is 6.08. The maximum atomic E-state index is 14.2. The molecule has 35 heavy (non-hydrogen) atoms. The van der Waals surface area contributed by atoms with Gasteiger partial charge in [-0.05, 0) is 24.8 Å². The van der Waals surface area contributed by atoms with E-state index in [-0.39, 0.29) is 34.4 Å². The number of thioether (sulfide) groups is 1. The summed E-state index contributed by atoms with van der Waals surface area (Å²) in [5.41, 5.74) is 0.783. The van der Waals surface area contributed by atoms with Crippen molar-refractivity contribution >= 4 is 45.4 Å². The van der Waals surface area contributed by atoms with E-state index < -0.39 is 28.7 Å². The topological polar surface area (TPSA) is 98.7 Å². The molecule has 3 saturated heterocycles. The molecule has 3 fully saturated rings. The second-order valence-electron chi connectivity index (χ2n) is 9.81. The van der Waals surface area contributed by atoms with E-state index in [4.69, 9.17) is 0 Å². The van der Waals surface area contributed by atoms with E-state index in [2.05, 4.69) is 33.5 Å². The minimum atomic E-state index is -0.752. The van der Waals surface area contributed by atoms with Gasteiger partial charge < -0.3 is 20.6 Å². The number of amides is 3. The van der Waals surface area contributed by atoms with Crippen molar-refractivity contribution in [2.45, 2.75) is 72.9 Å². The molecule has 3 unspecified atom stereocenters. The molecule has 3 amide bonds. The molecule has 0 aromatic heterocycles. The number of alkyl halides is 1. The van der Waals surface area contributed by atoms with Crippen LogP contribution in [0.1, 0.15) is 57.6 Å². The summed E-state index contributed by atoms with van der Waals surface area (Å²) in [5.74, 6) is -1.60. The number of hydrogen-bond donors (Lipinski definition) is 3. The van der Waals surface area contributed by atoms with E-state index >= 15 is 0 Å². The minimum absolute atomic E-state index is 0.0357. The van der Waals surface area contributed by atoms with E-state index in [1.807, 2.05) is 37.3 Å². The van der Waals surface area contributed by atoms with Crippen molar-refractivity contribution in [1.82, 2.24) is 15.5 Å². The monoisotopic (exact) mass is 565 g/mol. The highest BCUT2D eigenvalue weighted by Gasteiger charge is 2.76. The summed E-state index contributed by atoms with van der Waals surface area (Å²) in [4.78, 5) is 42.9.